The highest BCUT2D eigenvalue weighted by atomic mass is 19.1. The molecule has 37 heavy (non-hydrogen) atoms. The minimum Gasteiger partial charge on any atom is -0.469 e. The van der Waals surface area contributed by atoms with E-state index >= 15 is 0 Å². The van der Waals surface area contributed by atoms with Gasteiger partial charge in [-0.1, -0.05) is 31.2 Å². The molecular weight excluding hydrogens is 475 g/mol. The summed E-state index contributed by atoms with van der Waals surface area (Å²) in [7, 11) is 3.11. The number of halogens is 1. The molecule has 0 bridgehead atoms. The largest absolute Gasteiger partial charge is 0.469 e. The summed E-state index contributed by atoms with van der Waals surface area (Å²) in [6, 6.07) is 13.9. The Labute approximate surface area is 216 Å². The molecule has 2 atom stereocenters. The second kappa shape index (κ2) is 11.8. The predicted molar refractivity (Wildman–Crippen MR) is 138 cm³/mol. The maximum Gasteiger partial charge on any atom is 0.308 e. The van der Waals surface area contributed by atoms with E-state index in [0.29, 0.717) is 12.0 Å². The Hall–Kier alpha value is -4.01. The maximum absolute atomic E-state index is 13.3. The summed E-state index contributed by atoms with van der Waals surface area (Å²) in [6.07, 6.45) is 2.34. The number of aromatic nitrogens is 2. The quantitative estimate of drug-likeness (QED) is 0.407. The second-order valence-electron chi connectivity index (χ2n) is 9.81. The van der Waals surface area contributed by atoms with Gasteiger partial charge >= 0.3 is 5.97 Å². The molecule has 1 heterocycles. The number of nitrogens with one attached hydrogen (secondary N) is 2. The lowest BCUT2D eigenvalue weighted by atomic mass is 9.93. The van der Waals surface area contributed by atoms with Crippen LogP contribution in [0.3, 0.4) is 0 Å². The summed E-state index contributed by atoms with van der Waals surface area (Å²) in [6.45, 7) is 5.32. The van der Waals surface area contributed by atoms with Crippen molar-refractivity contribution in [2.45, 2.75) is 45.2 Å². The average Bonchev–Trinajstić information content (AvgIpc) is 3.30. The first kappa shape index (κ1) is 27.6. The van der Waals surface area contributed by atoms with Crippen LogP contribution in [0.5, 0.6) is 0 Å². The molecule has 3 rings (SSSR count). The third kappa shape index (κ3) is 7.73. The van der Waals surface area contributed by atoms with Crippen LogP contribution >= 0.6 is 0 Å². The predicted octanol–water partition coefficient (Wildman–Crippen LogP) is 3.66. The molecule has 3 aromatic rings. The molecule has 0 radical (unpaired) electrons. The van der Waals surface area contributed by atoms with E-state index < -0.39 is 35.3 Å². The summed E-state index contributed by atoms with van der Waals surface area (Å²) in [5.74, 6) is -2.30. The Morgan fingerprint density at radius 2 is 1.70 bits per heavy atom. The maximum atomic E-state index is 13.3. The van der Waals surface area contributed by atoms with Crippen molar-refractivity contribution in [1.82, 2.24) is 20.4 Å². The van der Waals surface area contributed by atoms with Crippen LogP contribution in [0.2, 0.25) is 0 Å². The van der Waals surface area contributed by atoms with Gasteiger partial charge in [0.2, 0.25) is 5.91 Å². The molecule has 0 unspecified atom stereocenters. The molecule has 9 heteroatoms. The lowest BCUT2D eigenvalue weighted by Crippen LogP contribution is -2.54. The fourth-order valence-electron chi connectivity index (χ4n) is 4.06. The topological polar surface area (TPSA) is 102 Å². The lowest BCUT2D eigenvalue weighted by molar-refractivity contribution is -0.145. The number of nitrogens with zero attached hydrogens (tertiary/aromatic N) is 2. The van der Waals surface area contributed by atoms with Crippen molar-refractivity contribution in [2.75, 3.05) is 7.11 Å². The van der Waals surface area contributed by atoms with E-state index in [2.05, 4.69) is 15.7 Å². The summed E-state index contributed by atoms with van der Waals surface area (Å²) in [4.78, 5) is 38.4. The van der Waals surface area contributed by atoms with E-state index in [1.54, 1.807) is 48.0 Å². The molecule has 2 N–H and O–H groups in total. The Morgan fingerprint density at radius 1 is 1.05 bits per heavy atom. The Bertz CT molecular complexity index is 1240. The van der Waals surface area contributed by atoms with Gasteiger partial charge in [-0.15, -0.1) is 0 Å². The van der Waals surface area contributed by atoms with E-state index in [4.69, 9.17) is 4.74 Å². The fourth-order valence-corrected chi connectivity index (χ4v) is 4.06. The minimum absolute atomic E-state index is 0.0584. The molecule has 0 fully saturated rings. The fraction of sp³-hybridized carbons (Fsp3) is 0.357. The number of hydrogen-bond acceptors (Lipinski definition) is 5. The van der Waals surface area contributed by atoms with Crippen molar-refractivity contribution in [1.29, 1.82) is 0 Å². The van der Waals surface area contributed by atoms with Crippen molar-refractivity contribution in [2.24, 2.45) is 13.0 Å². The molecule has 2 aromatic carbocycles. The number of methoxy groups -OCH3 is 1. The van der Waals surface area contributed by atoms with E-state index in [0.717, 1.165) is 16.8 Å². The SMILES string of the molecule is COC(=O)[C@@H](C)C[C@H](NC(=O)c1ccc(-c2ccn(C)n2)cc1)C(=O)NC(C)(C)Cc1ccc(F)cc1. The number of ether oxygens (including phenoxy) is 1. The van der Waals surface area contributed by atoms with Crippen LogP contribution in [0.15, 0.2) is 60.8 Å². The number of aryl methyl sites for hydroxylation is 1. The highest BCUT2D eigenvalue weighted by Crippen LogP contribution is 2.19. The normalized spacial score (nSPS) is 12.9. The molecule has 0 aliphatic heterocycles. The Kier molecular flexibility index (Phi) is 8.81. The van der Waals surface area contributed by atoms with Crippen molar-refractivity contribution in [3.8, 4) is 11.3 Å². The third-order valence-corrected chi connectivity index (χ3v) is 5.99. The van der Waals surface area contributed by atoms with Gasteiger partial charge in [-0.25, -0.2) is 4.39 Å². The highest BCUT2D eigenvalue weighted by Gasteiger charge is 2.30. The summed E-state index contributed by atoms with van der Waals surface area (Å²) >= 11 is 0. The van der Waals surface area contributed by atoms with Gasteiger partial charge in [0.15, 0.2) is 0 Å². The lowest BCUT2D eigenvalue weighted by Gasteiger charge is -2.30. The Balaban J connectivity index is 1.74. The minimum atomic E-state index is -0.982. The molecule has 0 aliphatic carbocycles. The zero-order chi connectivity index (χ0) is 27.2. The first-order valence-electron chi connectivity index (χ1n) is 12.0. The van der Waals surface area contributed by atoms with Crippen LogP contribution < -0.4 is 10.6 Å². The van der Waals surface area contributed by atoms with Gasteiger partial charge in [0.05, 0.1) is 18.7 Å². The van der Waals surface area contributed by atoms with Crippen molar-refractivity contribution < 1.29 is 23.5 Å². The van der Waals surface area contributed by atoms with Gasteiger partial charge in [0.25, 0.3) is 5.91 Å². The molecule has 2 amide bonds. The molecule has 0 aliphatic rings. The summed E-state index contributed by atoms with van der Waals surface area (Å²) < 4.78 is 19.8. The Morgan fingerprint density at radius 3 is 2.27 bits per heavy atom. The number of carbonyl (C=O) groups is 3. The third-order valence-electron chi connectivity index (χ3n) is 5.99. The van der Waals surface area contributed by atoms with Crippen LogP contribution in [-0.2, 0) is 27.8 Å². The zero-order valence-corrected chi connectivity index (χ0v) is 21.7. The first-order valence-corrected chi connectivity index (χ1v) is 12.0. The van der Waals surface area contributed by atoms with Crippen molar-refractivity contribution in [3.05, 3.63) is 77.7 Å². The van der Waals surface area contributed by atoms with Crippen molar-refractivity contribution >= 4 is 17.8 Å². The molecule has 0 saturated carbocycles. The smallest absolute Gasteiger partial charge is 0.308 e. The van der Waals surface area contributed by atoms with E-state index in [-0.39, 0.29) is 12.2 Å². The van der Waals surface area contributed by atoms with Gasteiger partial charge in [-0.05, 0) is 62.6 Å². The van der Waals surface area contributed by atoms with Crippen LogP contribution in [0.4, 0.5) is 4.39 Å². The monoisotopic (exact) mass is 508 g/mol. The standard InChI is InChI=1S/C28H33FN4O4/c1-18(27(36)37-5)16-24(26(35)31-28(2,3)17-19-6-12-22(29)13-7-19)30-25(34)21-10-8-20(9-11-21)23-14-15-33(4)32-23/h6-15,18,24H,16-17H2,1-5H3,(H,30,34)(H,31,35)/t18-,24-/m0/s1. The number of rotatable bonds is 10. The van der Waals surface area contributed by atoms with E-state index in [1.165, 1.54) is 19.2 Å². The molecule has 0 saturated heterocycles. The van der Waals surface area contributed by atoms with Gasteiger partial charge in [0.1, 0.15) is 11.9 Å². The number of carbonyl (C=O) groups excluding carboxylic acids is 3. The molecular formula is C28H33FN4O4. The van der Waals surface area contributed by atoms with Gasteiger partial charge in [-0.2, -0.15) is 5.10 Å². The second-order valence-corrected chi connectivity index (χ2v) is 9.81. The molecule has 196 valence electrons. The zero-order valence-electron chi connectivity index (χ0n) is 21.7. The first-order chi connectivity index (χ1) is 17.5. The van der Waals surface area contributed by atoms with Crippen LogP contribution in [-0.4, -0.2) is 46.3 Å². The number of benzene rings is 2. The molecule has 0 spiro atoms. The van der Waals surface area contributed by atoms with Gasteiger partial charge < -0.3 is 15.4 Å². The molecule has 8 nitrogen and oxygen atoms in total. The number of esters is 1. The van der Waals surface area contributed by atoms with Gasteiger partial charge in [0, 0.05) is 29.9 Å². The van der Waals surface area contributed by atoms with Gasteiger partial charge in [-0.3, -0.25) is 19.1 Å². The van der Waals surface area contributed by atoms with Crippen LogP contribution in [0.25, 0.3) is 11.3 Å². The summed E-state index contributed by atoms with van der Waals surface area (Å²) in [5, 5.41) is 10.1. The highest BCUT2D eigenvalue weighted by molar-refractivity contribution is 5.98. The molecule has 1 aromatic heterocycles. The average molecular weight is 509 g/mol. The van der Waals surface area contributed by atoms with Crippen LogP contribution in [0, 0.1) is 11.7 Å². The van der Waals surface area contributed by atoms with E-state index in [9.17, 15) is 18.8 Å². The van der Waals surface area contributed by atoms with E-state index in [1.807, 2.05) is 33.2 Å². The number of hydrogen-bond donors (Lipinski definition) is 2. The number of amides is 2. The van der Waals surface area contributed by atoms with Crippen molar-refractivity contribution in [3.63, 3.8) is 0 Å². The summed E-state index contributed by atoms with van der Waals surface area (Å²) in [5.41, 5.74) is 2.16. The van der Waals surface area contributed by atoms with Crippen LogP contribution in [0.1, 0.15) is 43.1 Å².